The number of amides is 1. The highest BCUT2D eigenvalue weighted by Gasteiger charge is 2.23. The van der Waals surface area contributed by atoms with Gasteiger partial charge in [-0.2, -0.15) is 5.10 Å². The molecule has 0 aliphatic heterocycles. The van der Waals surface area contributed by atoms with Crippen LogP contribution in [0.3, 0.4) is 0 Å². The first-order valence-electron chi connectivity index (χ1n) is 6.79. The van der Waals surface area contributed by atoms with Crippen molar-refractivity contribution in [2.24, 2.45) is 7.05 Å². The van der Waals surface area contributed by atoms with E-state index >= 15 is 0 Å². The van der Waals surface area contributed by atoms with Gasteiger partial charge in [0.25, 0.3) is 0 Å². The summed E-state index contributed by atoms with van der Waals surface area (Å²) < 4.78 is 20.1. The zero-order valence-electron chi connectivity index (χ0n) is 13.3. The van der Waals surface area contributed by atoms with Crippen molar-refractivity contribution in [3.05, 3.63) is 30.3 Å². The molecule has 0 aromatic carbocycles. The number of halogens is 1. The summed E-state index contributed by atoms with van der Waals surface area (Å²) in [7, 11) is 3.30. The fourth-order valence-corrected chi connectivity index (χ4v) is 1.89. The molecule has 0 aliphatic rings. The normalized spacial score (nSPS) is 11.4. The molecule has 0 fully saturated rings. The zero-order valence-corrected chi connectivity index (χ0v) is 13.3. The summed E-state index contributed by atoms with van der Waals surface area (Å²) in [6, 6.07) is 3.02. The second-order valence-electron chi connectivity index (χ2n) is 5.94. The van der Waals surface area contributed by atoms with Crippen LogP contribution in [0.15, 0.2) is 24.5 Å². The van der Waals surface area contributed by atoms with Gasteiger partial charge in [-0.1, -0.05) is 0 Å². The number of rotatable bonds is 2. The van der Waals surface area contributed by atoms with Gasteiger partial charge in [-0.25, -0.2) is 9.18 Å². The van der Waals surface area contributed by atoms with E-state index in [1.54, 1.807) is 40.9 Å². The molecular weight excluding hydrogens is 287 g/mol. The maximum Gasteiger partial charge on any atom is 0.415 e. The SMILES string of the molecule is CN(C(=O)OC(C)(C)C)c1cc(-c2cncc(F)c2)nn1C. The molecule has 1 amide bonds. The number of hydrogen-bond donors (Lipinski definition) is 0. The third kappa shape index (κ3) is 3.60. The van der Waals surface area contributed by atoms with Crippen molar-refractivity contribution in [2.45, 2.75) is 26.4 Å². The first kappa shape index (κ1) is 15.9. The van der Waals surface area contributed by atoms with Gasteiger partial charge in [0.1, 0.15) is 17.2 Å². The van der Waals surface area contributed by atoms with Crippen molar-refractivity contribution < 1.29 is 13.9 Å². The number of carbonyl (C=O) groups excluding carboxylic acids is 1. The molecule has 0 radical (unpaired) electrons. The molecule has 2 aromatic heterocycles. The van der Waals surface area contributed by atoms with E-state index in [4.69, 9.17) is 4.74 Å². The smallest absolute Gasteiger partial charge is 0.415 e. The Morgan fingerprint density at radius 3 is 2.59 bits per heavy atom. The molecule has 6 nitrogen and oxygen atoms in total. The summed E-state index contributed by atoms with van der Waals surface area (Å²) in [6.07, 6.45) is 2.16. The fourth-order valence-electron chi connectivity index (χ4n) is 1.89. The molecule has 0 aliphatic carbocycles. The largest absolute Gasteiger partial charge is 0.443 e. The lowest BCUT2D eigenvalue weighted by Crippen LogP contribution is -2.35. The molecule has 118 valence electrons. The third-order valence-corrected chi connectivity index (χ3v) is 2.87. The van der Waals surface area contributed by atoms with Crippen LogP contribution < -0.4 is 4.90 Å². The number of aromatic nitrogens is 3. The topological polar surface area (TPSA) is 60.3 Å². The third-order valence-electron chi connectivity index (χ3n) is 2.87. The molecule has 0 N–H and O–H groups in total. The molecule has 2 heterocycles. The highest BCUT2D eigenvalue weighted by molar-refractivity contribution is 5.87. The minimum Gasteiger partial charge on any atom is -0.443 e. The molecule has 22 heavy (non-hydrogen) atoms. The van der Waals surface area contributed by atoms with Crippen molar-refractivity contribution in [1.82, 2.24) is 14.8 Å². The number of ether oxygens (including phenoxy) is 1. The highest BCUT2D eigenvalue weighted by atomic mass is 19.1. The Morgan fingerprint density at radius 2 is 2.00 bits per heavy atom. The molecular formula is C15H19FN4O2. The Bertz CT molecular complexity index is 691. The molecule has 0 bridgehead atoms. The van der Waals surface area contributed by atoms with E-state index in [0.717, 1.165) is 6.20 Å². The van der Waals surface area contributed by atoms with Crippen LogP contribution in [0.5, 0.6) is 0 Å². The van der Waals surface area contributed by atoms with E-state index in [1.807, 2.05) is 0 Å². The van der Waals surface area contributed by atoms with Crippen molar-refractivity contribution >= 4 is 11.9 Å². The minimum atomic E-state index is -0.584. The van der Waals surface area contributed by atoms with Crippen LogP contribution in [0, 0.1) is 5.82 Å². The monoisotopic (exact) mass is 306 g/mol. The van der Waals surface area contributed by atoms with Gasteiger partial charge < -0.3 is 4.74 Å². The summed E-state index contributed by atoms with van der Waals surface area (Å²) in [5, 5.41) is 4.28. The van der Waals surface area contributed by atoms with Gasteiger partial charge in [0.15, 0.2) is 0 Å². The maximum absolute atomic E-state index is 13.3. The lowest BCUT2D eigenvalue weighted by atomic mass is 10.2. The van der Waals surface area contributed by atoms with E-state index in [2.05, 4.69) is 10.1 Å². The zero-order chi connectivity index (χ0) is 16.5. The predicted molar refractivity (Wildman–Crippen MR) is 81.0 cm³/mol. The Labute approximate surface area is 128 Å². The molecule has 0 atom stereocenters. The summed E-state index contributed by atoms with van der Waals surface area (Å²) in [5.74, 6) is 0.0960. The number of nitrogens with zero attached hydrogens (tertiary/aromatic N) is 4. The van der Waals surface area contributed by atoms with Crippen molar-refractivity contribution in [3.63, 3.8) is 0 Å². The van der Waals surface area contributed by atoms with Crippen molar-refractivity contribution in [2.75, 3.05) is 11.9 Å². The first-order chi connectivity index (χ1) is 10.2. The van der Waals surface area contributed by atoms with Crippen LogP contribution in [-0.2, 0) is 11.8 Å². The van der Waals surface area contributed by atoms with Crippen LogP contribution in [0.25, 0.3) is 11.3 Å². The van der Waals surface area contributed by atoms with Crippen LogP contribution in [0.2, 0.25) is 0 Å². The van der Waals surface area contributed by atoms with E-state index in [0.29, 0.717) is 17.1 Å². The highest BCUT2D eigenvalue weighted by Crippen LogP contribution is 2.24. The predicted octanol–water partition coefficient (Wildman–Crippen LogP) is 2.99. The standard InChI is InChI=1S/C15H19FN4O2/c1-15(2,3)22-14(21)19(4)13-7-12(18-20(13)5)10-6-11(16)9-17-8-10/h6-9H,1-5H3. The lowest BCUT2D eigenvalue weighted by molar-refractivity contribution is 0.0587. The molecule has 0 spiro atoms. The second-order valence-corrected chi connectivity index (χ2v) is 5.94. The average Bonchev–Trinajstić information content (AvgIpc) is 2.78. The average molecular weight is 306 g/mol. The van der Waals surface area contributed by atoms with Gasteiger partial charge in [-0.05, 0) is 26.8 Å². The second kappa shape index (κ2) is 5.75. The van der Waals surface area contributed by atoms with Crippen LogP contribution in [0.1, 0.15) is 20.8 Å². The Hall–Kier alpha value is -2.44. The van der Waals surface area contributed by atoms with Gasteiger partial charge in [-0.3, -0.25) is 14.6 Å². The summed E-state index contributed by atoms with van der Waals surface area (Å²) in [4.78, 5) is 17.3. The summed E-state index contributed by atoms with van der Waals surface area (Å²) >= 11 is 0. The molecule has 0 saturated carbocycles. The fraction of sp³-hybridized carbons (Fsp3) is 0.400. The van der Waals surface area contributed by atoms with Gasteiger partial charge in [0.2, 0.25) is 0 Å². The maximum atomic E-state index is 13.3. The van der Waals surface area contributed by atoms with Gasteiger partial charge >= 0.3 is 6.09 Å². The van der Waals surface area contributed by atoms with Crippen molar-refractivity contribution in [1.29, 1.82) is 0 Å². The number of hydrogen-bond acceptors (Lipinski definition) is 4. The number of anilines is 1. The minimum absolute atomic E-state index is 0.440. The van der Waals surface area contributed by atoms with E-state index in [-0.39, 0.29) is 0 Å². The van der Waals surface area contributed by atoms with E-state index < -0.39 is 17.5 Å². The quantitative estimate of drug-likeness (QED) is 0.856. The molecule has 0 saturated heterocycles. The van der Waals surface area contributed by atoms with Crippen molar-refractivity contribution in [3.8, 4) is 11.3 Å². The Kier molecular flexibility index (Phi) is 4.16. The molecule has 2 rings (SSSR count). The van der Waals surface area contributed by atoms with Gasteiger partial charge in [0, 0.05) is 31.9 Å². The van der Waals surface area contributed by atoms with Gasteiger partial charge in [0.05, 0.1) is 11.9 Å². The Balaban J connectivity index is 2.28. The first-order valence-corrected chi connectivity index (χ1v) is 6.79. The summed E-state index contributed by atoms with van der Waals surface area (Å²) in [5.41, 5.74) is 0.485. The van der Waals surface area contributed by atoms with Crippen LogP contribution in [0.4, 0.5) is 15.0 Å². The Morgan fingerprint density at radius 1 is 1.32 bits per heavy atom. The number of pyridine rings is 1. The van der Waals surface area contributed by atoms with Gasteiger partial charge in [-0.15, -0.1) is 0 Å². The van der Waals surface area contributed by atoms with E-state index in [9.17, 15) is 9.18 Å². The number of aryl methyl sites for hydroxylation is 1. The number of carbonyl (C=O) groups is 1. The molecule has 0 unspecified atom stereocenters. The van der Waals surface area contributed by atoms with E-state index in [1.165, 1.54) is 21.8 Å². The lowest BCUT2D eigenvalue weighted by Gasteiger charge is -2.24. The molecule has 2 aromatic rings. The summed E-state index contributed by atoms with van der Waals surface area (Å²) in [6.45, 7) is 5.39. The van der Waals surface area contributed by atoms with Crippen LogP contribution in [-0.4, -0.2) is 33.5 Å². The molecule has 7 heteroatoms. The van der Waals surface area contributed by atoms with Crippen LogP contribution >= 0.6 is 0 Å².